The Morgan fingerprint density at radius 1 is 0.920 bits per heavy atom. The molecule has 0 aromatic heterocycles. The molecule has 2 aliphatic heterocycles. The molecule has 2 aliphatic rings. The normalized spacial score (nSPS) is 25.6. The van der Waals surface area contributed by atoms with Crippen LogP contribution in [0.25, 0.3) is 11.1 Å². The average molecular weight is 335 g/mol. The second-order valence-corrected chi connectivity index (χ2v) is 7.40. The summed E-state index contributed by atoms with van der Waals surface area (Å²) in [4.78, 5) is 15.0. The second kappa shape index (κ2) is 7.01. The first-order valence-corrected chi connectivity index (χ1v) is 9.34. The van der Waals surface area contributed by atoms with Crippen LogP contribution in [0.5, 0.6) is 0 Å². The fraction of sp³-hybridized carbons (Fsp3) is 0.409. The van der Waals surface area contributed by atoms with E-state index < -0.39 is 0 Å². The number of hydrogen-bond donors (Lipinski definition) is 1. The van der Waals surface area contributed by atoms with E-state index in [0.29, 0.717) is 6.42 Å². The van der Waals surface area contributed by atoms with E-state index in [2.05, 4.69) is 41.3 Å². The van der Waals surface area contributed by atoms with E-state index in [1.54, 1.807) is 0 Å². The van der Waals surface area contributed by atoms with Crippen molar-refractivity contribution in [3.05, 3.63) is 60.2 Å². The van der Waals surface area contributed by atoms with Gasteiger partial charge in [0, 0.05) is 12.1 Å². The molecule has 2 fully saturated rings. The number of nitrogens with zero attached hydrogens (tertiary/aromatic N) is 1. The van der Waals surface area contributed by atoms with Gasteiger partial charge in [-0.2, -0.15) is 0 Å². The smallest absolute Gasteiger partial charge is 0.227 e. The second-order valence-electron chi connectivity index (χ2n) is 7.40. The molecule has 25 heavy (non-hydrogen) atoms. The van der Waals surface area contributed by atoms with Gasteiger partial charge in [-0.25, -0.2) is 0 Å². The monoisotopic (exact) mass is 335 g/mol. The van der Waals surface area contributed by atoms with Crippen LogP contribution in [0.15, 0.2) is 54.6 Å². The number of carbonyl (C=O) groups excluding carboxylic acids is 1. The summed E-state index contributed by atoms with van der Waals surface area (Å²) in [6, 6.07) is 19.1. The summed E-state index contributed by atoms with van der Waals surface area (Å²) < 4.78 is 0. The van der Waals surface area contributed by atoms with Crippen molar-refractivity contribution in [1.82, 2.24) is 4.90 Å². The lowest BCUT2D eigenvalue weighted by atomic mass is 9.82. The van der Waals surface area contributed by atoms with Crippen LogP contribution in [-0.2, 0) is 11.2 Å². The summed E-state index contributed by atoms with van der Waals surface area (Å²) in [5, 5.41) is 10.0. The number of hydrogen-bond acceptors (Lipinski definition) is 2. The molecule has 2 heterocycles. The van der Waals surface area contributed by atoms with Gasteiger partial charge in [0.05, 0.1) is 12.5 Å². The van der Waals surface area contributed by atoms with Gasteiger partial charge < -0.3 is 10.0 Å². The molecule has 0 aliphatic carbocycles. The van der Waals surface area contributed by atoms with Crippen molar-refractivity contribution in [3.8, 4) is 11.1 Å². The van der Waals surface area contributed by atoms with Crippen LogP contribution in [0, 0.1) is 0 Å². The lowest BCUT2D eigenvalue weighted by molar-refractivity contribution is -0.143. The van der Waals surface area contributed by atoms with E-state index in [9.17, 15) is 9.90 Å². The van der Waals surface area contributed by atoms with Crippen molar-refractivity contribution in [2.75, 3.05) is 0 Å². The SMILES string of the molecule is O=C(Cc1ccc(-c2ccccc2)cc1)N1[C@@H]2CCC[C@H]1CC(O)C2. The van der Waals surface area contributed by atoms with Gasteiger partial charge in [0.1, 0.15) is 0 Å². The van der Waals surface area contributed by atoms with Gasteiger partial charge in [0.25, 0.3) is 0 Å². The minimum atomic E-state index is -0.232. The van der Waals surface area contributed by atoms with E-state index >= 15 is 0 Å². The molecular weight excluding hydrogens is 310 g/mol. The minimum Gasteiger partial charge on any atom is -0.393 e. The summed E-state index contributed by atoms with van der Waals surface area (Å²) >= 11 is 0. The first kappa shape index (κ1) is 16.3. The predicted octanol–water partition coefficient (Wildman–Crippen LogP) is 3.80. The van der Waals surface area contributed by atoms with Crippen molar-refractivity contribution in [1.29, 1.82) is 0 Å². The van der Waals surface area contributed by atoms with E-state index in [1.165, 1.54) is 17.5 Å². The fourth-order valence-corrected chi connectivity index (χ4v) is 4.47. The molecule has 2 aromatic rings. The van der Waals surface area contributed by atoms with Crippen LogP contribution in [0.3, 0.4) is 0 Å². The zero-order chi connectivity index (χ0) is 17.2. The number of amides is 1. The number of fused-ring (bicyclic) bond motifs is 2. The molecular formula is C22H25NO2. The summed E-state index contributed by atoms with van der Waals surface area (Å²) in [5.74, 6) is 0.217. The van der Waals surface area contributed by atoms with Crippen molar-refractivity contribution in [2.24, 2.45) is 0 Å². The third-order valence-electron chi connectivity index (χ3n) is 5.65. The fourth-order valence-electron chi connectivity index (χ4n) is 4.47. The van der Waals surface area contributed by atoms with Gasteiger partial charge >= 0.3 is 0 Å². The highest BCUT2D eigenvalue weighted by molar-refractivity contribution is 5.80. The molecule has 2 saturated heterocycles. The summed E-state index contributed by atoms with van der Waals surface area (Å²) in [5.41, 5.74) is 3.43. The highest BCUT2D eigenvalue weighted by atomic mass is 16.3. The molecule has 3 heteroatoms. The summed E-state index contributed by atoms with van der Waals surface area (Å²) in [6.45, 7) is 0. The molecule has 130 valence electrons. The van der Waals surface area contributed by atoms with E-state index in [1.807, 2.05) is 18.2 Å². The standard InChI is InChI=1S/C22H25NO2/c24-21-14-19-7-4-8-20(15-21)23(19)22(25)13-16-9-11-18(12-10-16)17-5-2-1-3-6-17/h1-3,5-6,9-12,19-21,24H,4,7-8,13-15H2/t19-,20+,21?. The van der Waals surface area contributed by atoms with Crippen molar-refractivity contribution in [2.45, 2.75) is 56.7 Å². The molecule has 3 atom stereocenters. The Morgan fingerprint density at radius 3 is 2.16 bits per heavy atom. The predicted molar refractivity (Wildman–Crippen MR) is 99.1 cm³/mol. The molecule has 0 spiro atoms. The number of carbonyl (C=O) groups is 1. The van der Waals surface area contributed by atoms with Gasteiger partial charge in [-0.05, 0) is 48.8 Å². The van der Waals surface area contributed by atoms with Gasteiger partial charge in [-0.3, -0.25) is 4.79 Å². The number of piperidine rings is 2. The zero-order valence-electron chi connectivity index (χ0n) is 14.5. The Kier molecular flexibility index (Phi) is 4.58. The lowest BCUT2D eigenvalue weighted by Crippen LogP contribution is -2.56. The maximum atomic E-state index is 12.9. The zero-order valence-corrected chi connectivity index (χ0v) is 14.5. The van der Waals surface area contributed by atoms with Gasteiger partial charge in [0.2, 0.25) is 5.91 Å². The molecule has 2 bridgehead atoms. The highest BCUT2D eigenvalue weighted by Gasteiger charge is 2.39. The maximum absolute atomic E-state index is 12.9. The van der Waals surface area contributed by atoms with Gasteiger partial charge in [-0.1, -0.05) is 54.6 Å². The molecule has 1 N–H and O–H groups in total. The molecule has 3 nitrogen and oxygen atoms in total. The maximum Gasteiger partial charge on any atom is 0.227 e. The molecule has 1 unspecified atom stereocenters. The summed E-state index contributed by atoms with van der Waals surface area (Å²) in [6.07, 6.45) is 4.96. The molecule has 2 aromatic carbocycles. The summed E-state index contributed by atoms with van der Waals surface area (Å²) in [7, 11) is 0. The van der Waals surface area contributed by atoms with Crippen LogP contribution in [0.2, 0.25) is 0 Å². The average Bonchev–Trinajstić information content (AvgIpc) is 2.62. The Morgan fingerprint density at radius 2 is 1.52 bits per heavy atom. The minimum absolute atomic E-state index is 0.217. The van der Waals surface area contributed by atoms with Crippen molar-refractivity contribution in [3.63, 3.8) is 0 Å². The Hall–Kier alpha value is -2.13. The largest absolute Gasteiger partial charge is 0.393 e. The number of aliphatic hydroxyl groups is 1. The van der Waals surface area contributed by atoms with Crippen molar-refractivity contribution < 1.29 is 9.90 Å². The number of benzene rings is 2. The van der Waals surface area contributed by atoms with Gasteiger partial charge in [0.15, 0.2) is 0 Å². The van der Waals surface area contributed by atoms with Crippen LogP contribution in [-0.4, -0.2) is 34.1 Å². The van der Waals surface area contributed by atoms with E-state index in [-0.39, 0.29) is 24.1 Å². The van der Waals surface area contributed by atoms with Crippen LogP contribution < -0.4 is 0 Å². The Labute approximate surface area is 149 Å². The first-order valence-electron chi connectivity index (χ1n) is 9.34. The van der Waals surface area contributed by atoms with Crippen molar-refractivity contribution >= 4 is 5.91 Å². The third-order valence-corrected chi connectivity index (χ3v) is 5.65. The molecule has 1 amide bonds. The van der Waals surface area contributed by atoms with E-state index in [4.69, 9.17) is 0 Å². The Balaban J connectivity index is 1.46. The molecule has 0 radical (unpaired) electrons. The number of rotatable bonds is 3. The number of aliphatic hydroxyl groups excluding tert-OH is 1. The Bertz CT molecular complexity index is 711. The first-order chi connectivity index (χ1) is 12.2. The lowest BCUT2D eigenvalue weighted by Gasteiger charge is -2.47. The highest BCUT2D eigenvalue weighted by Crippen LogP contribution is 2.34. The van der Waals surface area contributed by atoms with E-state index in [0.717, 1.165) is 31.2 Å². The molecule has 4 rings (SSSR count). The molecule has 0 saturated carbocycles. The van der Waals surface area contributed by atoms with Crippen LogP contribution in [0.4, 0.5) is 0 Å². The van der Waals surface area contributed by atoms with Crippen LogP contribution in [0.1, 0.15) is 37.7 Å². The van der Waals surface area contributed by atoms with Gasteiger partial charge in [-0.15, -0.1) is 0 Å². The van der Waals surface area contributed by atoms with Crippen LogP contribution >= 0.6 is 0 Å². The third kappa shape index (κ3) is 3.47. The topological polar surface area (TPSA) is 40.5 Å². The quantitative estimate of drug-likeness (QED) is 0.927.